The third-order valence-corrected chi connectivity index (χ3v) is 5.93. The van der Waals surface area contributed by atoms with Gasteiger partial charge in [0, 0.05) is 24.5 Å². The maximum atomic E-state index is 13.0. The summed E-state index contributed by atoms with van der Waals surface area (Å²) in [6.45, 7) is 6.28. The Morgan fingerprint density at radius 2 is 1.96 bits per heavy atom. The van der Waals surface area contributed by atoms with Gasteiger partial charge in [-0.25, -0.2) is 4.98 Å². The molecule has 0 saturated carbocycles. The molecule has 0 saturated heterocycles. The molecule has 0 aliphatic heterocycles. The highest BCUT2D eigenvalue weighted by molar-refractivity contribution is 6.30. The number of fused-ring (bicyclic) bond motifs is 1. The van der Waals surface area contributed by atoms with Crippen LogP contribution in [0.4, 0.5) is 0 Å². The van der Waals surface area contributed by atoms with Crippen molar-refractivity contribution in [2.24, 2.45) is 5.16 Å². The van der Waals surface area contributed by atoms with Crippen LogP contribution in [0.25, 0.3) is 0 Å². The number of Topliss-reactive ketones (excluding diaryl/α,β-unsaturated/α-hetero) is 1. The molecule has 0 radical (unpaired) electrons. The van der Waals surface area contributed by atoms with Crippen LogP contribution in [0.15, 0.2) is 16.5 Å². The number of aliphatic hydroxyl groups excluding tert-OH is 1. The summed E-state index contributed by atoms with van der Waals surface area (Å²) in [6.07, 6.45) is 6.35. The lowest BCUT2D eigenvalue weighted by Gasteiger charge is -2.29. The van der Waals surface area contributed by atoms with Crippen molar-refractivity contribution in [1.82, 2.24) is 4.98 Å². The Bertz CT molecular complexity index is 830. The molecule has 1 aromatic heterocycles. The molecule has 1 aromatic rings. The van der Waals surface area contributed by atoms with Crippen molar-refractivity contribution in [2.45, 2.75) is 78.1 Å². The molecule has 152 valence electrons. The minimum absolute atomic E-state index is 0.0920. The first kappa shape index (κ1) is 20.8. The largest absolute Gasteiger partial charge is 0.511 e. The summed E-state index contributed by atoms with van der Waals surface area (Å²) in [5, 5.41) is 15.3. The number of aliphatic hydroxyl groups is 1. The summed E-state index contributed by atoms with van der Waals surface area (Å²) in [4.78, 5) is 22.7. The summed E-state index contributed by atoms with van der Waals surface area (Å²) in [6, 6.07) is 0. The Balaban J connectivity index is 1.99. The van der Waals surface area contributed by atoms with E-state index in [2.05, 4.69) is 10.1 Å². The molecule has 1 N–H and O–H groups in total. The lowest BCUT2D eigenvalue weighted by Crippen LogP contribution is -2.25. The van der Waals surface area contributed by atoms with E-state index in [0.717, 1.165) is 43.4 Å². The van der Waals surface area contributed by atoms with Gasteiger partial charge in [0.25, 0.3) is 0 Å². The number of hydrogen-bond acceptors (Lipinski definition) is 5. The number of halogens is 1. The average molecular weight is 405 g/mol. The molecule has 2 aliphatic rings. The number of hydrogen-bond donors (Lipinski definition) is 1. The van der Waals surface area contributed by atoms with Crippen LogP contribution in [-0.2, 0) is 22.5 Å². The van der Waals surface area contributed by atoms with Crippen LogP contribution >= 0.6 is 11.6 Å². The van der Waals surface area contributed by atoms with Crippen LogP contribution in [0.5, 0.6) is 0 Å². The fraction of sp³-hybridized carbons (Fsp3) is 0.591. The monoisotopic (exact) mass is 404 g/mol. The van der Waals surface area contributed by atoms with E-state index in [0.29, 0.717) is 42.3 Å². The molecule has 28 heavy (non-hydrogen) atoms. The van der Waals surface area contributed by atoms with Crippen LogP contribution in [-0.4, -0.2) is 28.2 Å². The molecule has 1 unspecified atom stereocenters. The van der Waals surface area contributed by atoms with E-state index in [1.807, 2.05) is 20.8 Å². The number of aryl methyl sites for hydroxylation is 1. The molecule has 2 aliphatic carbocycles. The minimum Gasteiger partial charge on any atom is -0.511 e. The SMILES string of the molecule is CCC/C(=N\OCC)C1=C(O)CC(c2c(Cl)nc(C)c3c2CCCC3)CC1=O. The molecule has 6 heteroatoms. The van der Waals surface area contributed by atoms with Crippen LogP contribution in [0.3, 0.4) is 0 Å². The van der Waals surface area contributed by atoms with E-state index in [1.54, 1.807) is 0 Å². The van der Waals surface area contributed by atoms with Crippen LogP contribution in [0.2, 0.25) is 5.15 Å². The van der Waals surface area contributed by atoms with Crippen molar-refractivity contribution in [3.8, 4) is 0 Å². The van der Waals surface area contributed by atoms with Gasteiger partial charge in [-0.1, -0.05) is 30.1 Å². The Morgan fingerprint density at radius 1 is 1.25 bits per heavy atom. The minimum atomic E-state index is -0.140. The van der Waals surface area contributed by atoms with Gasteiger partial charge >= 0.3 is 0 Å². The first-order valence-electron chi connectivity index (χ1n) is 10.3. The van der Waals surface area contributed by atoms with Crippen molar-refractivity contribution in [1.29, 1.82) is 0 Å². The fourth-order valence-electron chi connectivity index (χ4n) is 4.44. The zero-order chi connectivity index (χ0) is 20.3. The van der Waals surface area contributed by atoms with Crippen molar-refractivity contribution in [2.75, 3.05) is 6.61 Å². The maximum absolute atomic E-state index is 13.0. The molecule has 5 nitrogen and oxygen atoms in total. The summed E-state index contributed by atoms with van der Waals surface area (Å²) in [5.74, 6) is -0.144. The molecule has 0 bridgehead atoms. The average Bonchev–Trinajstić information content (AvgIpc) is 2.65. The molecule has 0 amide bonds. The van der Waals surface area contributed by atoms with E-state index in [-0.39, 0.29) is 17.5 Å². The molecular weight excluding hydrogens is 376 g/mol. The lowest BCUT2D eigenvalue weighted by molar-refractivity contribution is -0.116. The van der Waals surface area contributed by atoms with Crippen LogP contribution < -0.4 is 0 Å². The first-order valence-corrected chi connectivity index (χ1v) is 10.7. The lowest BCUT2D eigenvalue weighted by atomic mass is 9.77. The Kier molecular flexibility index (Phi) is 6.76. The van der Waals surface area contributed by atoms with E-state index >= 15 is 0 Å². The fourth-order valence-corrected chi connectivity index (χ4v) is 4.83. The van der Waals surface area contributed by atoms with Crippen molar-refractivity contribution in [3.05, 3.63) is 38.9 Å². The zero-order valence-corrected chi connectivity index (χ0v) is 17.7. The number of aromatic nitrogens is 1. The van der Waals surface area contributed by atoms with Gasteiger partial charge in [-0.2, -0.15) is 0 Å². The molecule has 0 aromatic carbocycles. The summed E-state index contributed by atoms with van der Waals surface area (Å²) >= 11 is 6.55. The number of nitrogens with zero attached hydrogens (tertiary/aromatic N) is 2. The summed E-state index contributed by atoms with van der Waals surface area (Å²) in [7, 11) is 0. The third-order valence-electron chi connectivity index (χ3n) is 5.64. The van der Waals surface area contributed by atoms with E-state index in [1.165, 1.54) is 11.1 Å². The third kappa shape index (κ3) is 4.09. The van der Waals surface area contributed by atoms with Crippen molar-refractivity contribution in [3.63, 3.8) is 0 Å². The van der Waals surface area contributed by atoms with Crippen molar-refractivity contribution < 1.29 is 14.7 Å². The number of pyridine rings is 1. The second-order valence-corrected chi connectivity index (χ2v) is 7.98. The number of carbonyl (C=O) groups excluding carboxylic acids is 1. The molecule has 3 rings (SSSR count). The van der Waals surface area contributed by atoms with Gasteiger partial charge in [0.2, 0.25) is 0 Å². The molecule has 1 atom stereocenters. The van der Waals surface area contributed by atoms with Gasteiger partial charge in [-0.05, 0) is 62.6 Å². The smallest absolute Gasteiger partial charge is 0.168 e. The van der Waals surface area contributed by atoms with Crippen LogP contribution in [0, 0.1) is 6.92 Å². The molecule has 1 heterocycles. The predicted molar refractivity (Wildman–Crippen MR) is 111 cm³/mol. The topological polar surface area (TPSA) is 71.8 Å². The highest BCUT2D eigenvalue weighted by Gasteiger charge is 2.35. The number of rotatable bonds is 6. The van der Waals surface area contributed by atoms with Gasteiger partial charge in [0.15, 0.2) is 5.78 Å². The quantitative estimate of drug-likeness (QED) is 0.393. The van der Waals surface area contributed by atoms with Gasteiger partial charge in [-0.3, -0.25) is 4.79 Å². The van der Waals surface area contributed by atoms with Crippen LogP contribution in [0.1, 0.15) is 80.7 Å². The van der Waals surface area contributed by atoms with Gasteiger partial charge in [0.05, 0.1) is 11.3 Å². The molecule has 0 spiro atoms. The molecular formula is C22H29ClN2O3. The predicted octanol–water partition coefficient (Wildman–Crippen LogP) is 5.37. The number of ketones is 1. The Morgan fingerprint density at radius 3 is 2.61 bits per heavy atom. The van der Waals surface area contributed by atoms with Gasteiger partial charge < -0.3 is 9.94 Å². The zero-order valence-electron chi connectivity index (χ0n) is 17.0. The Labute approximate surface area is 171 Å². The van der Waals surface area contributed by atoms with Gasteiger partial charge in [0.1, 0.15) is 17.5 Å². The van der Waals surface area contributed by atoms with E-state index < -0.39 is 0 Å². The van der Waals surface area contributed by atoms with E-state index in [9.17, 15) is 9.90 Å². The maximum Gasteiger partial charge on any atom is 0.168 e. The standard InChI is InChI=1S/C22H29ClN2O3/c1-4-8-17(25-28-5-2)21-18(26)11-14(12-19(21)27)20-16-10-7-6-9-15(16)13(3)24-22(20)23/h14,26H,4-12H2,1-3H3/b25-17+. The highest BCUT2D eigenvalue weighted by atomic mass is 35.5. The number of carbonyl (C=O) groups is 1. The highest BCUT2D eigenvalue weighted by Crippen LogP contribution is 2.42. The second kappa shape index (κ2) is 9.08. The summed E-state index contributed by atoms with van der Waals surface area (Å²) in [5.41, 5.74) is 5.34. The van der Waals surface area contributed by atoms with E-state index in [4.69, 9.17) is 16.4 Å². The normalized spacial score (nSPS) is 20.4. The number of allylic oxidation sites excluding steroid dienone is 2. The van der Waals surface area contributed by atoms with Gasteiger partial charge in [-0.15, -0.1) is 0 Å². The van der Waals surface area contributed by atoms with Crippen molar-refractivity contribution >= 4 is 23.1 Å². The number of oxime groups is 1. The Hall–Kier alpha value is -1.88. The summed E-state index contributed by atoms with van der Waals surface area (Å²) < 4.78 is 0. The molecule has 0 fully saturated rings. The first-order chi connectivity index (χ1) is 13.5. The second-order valence-electron chi connectivity index (χ2n) is 7.62.